The van der Waals surface area contributed by atoms with Crippen LogP contribution in [0.3, 0.4) is 0 Å². The normalized spacial score (nSPS) is 17.3. The molecule has 136 valence electrons. The maximum atomic E-state index is 13.3. The van der Waals surface area contributed by atoms with Gasteiger partial charge in [-0.15, -0.1) is 0 Å². The molecule has 0 aliphatic carbocycles. The second kappa shape index (κ2) is 8.60. The zero-order valence-electron chi connectivity index (χ0n) is 14.5. The number of benzene rings is 1. The molecule has 0 saturated carbocycles. The van der Waals surface area contributed by atoms with Crippen molar-refractivity contribution in [2.24, 2.45) is 5.92 Å². The van der Waals surface area contributed by atoms with Gasteiger partial charge in [0.1, 0.15) is 12.4 Å². The first-order valence-corrected chi connectivity index (χ1v) is 8.33. The van der Waals surface area contributed by atoms with Crippen LogP contribution in [0.15, 0.2) is 24.3 Å². The van der Waals surface area contributed by atoms with E-state index in [9.17, 15) is 18.8 Å². The second-order valence-electron chi connectivity index (χ2n) is 6.14. The molecule has 0 bridgehead atoms. The first-order chi connectivity index (χ1) is 11.9. The minimum Gasteiger partial charge on any atom is -0.465 e. The molecule has 1 saturated heterocycles. The Labute approximate surface area is 146 Å². The van der Waals surface area contributed by atoms with E-state index < -0.39 is 5.97 Å². The number of hydrogen-bond acceptors (Lipinski definition) is 4. The van der Waals surface area contributed by atoms with Gasteiger partial charge in [-0.05, 0) is 31.0 Å². The molecule has 2 rings (SSSR count). The lowest BCUT2D eigenvalue weighted by Crippen LogP contribution is -2.46. The number of carbonyl (C=O) groups excluding carboxylic acids is 3. The number of nitrogens with zero attached hydrogens (tertiary/aromatic N) is 2. The maximum absolute atomic E-state index is 13.3. The predicted octanol–water partition coefficient (Wildman–Crippen LogP) is 1.59. The molecule has 2 amide bonds. The molecule has 0 spiro atoms. The molecule has 1 heterocycles. The van der Waals surface area contributed by atoms with E-state index in [0.29, 0.717) is 12.0 Å². The highest BCUT2D eigenvalue weighted by Crippen LogP contribution is 2.21. The molecule has 0 radical (unpaired) electrons. The molecule has 6 nitrogen and oxygen atoms in total. The fourth-order valence-corrected chi connectivity index (χ4v) is 2.91. The SMILES string of the molecule is CCOC(=O)CN(C)C(=O)[C@@H]1CCC(=O)N(Cc2cccc(F)c2)C1. The molecule has 1 aromatic carbocycles. The summed E-state index contributed by atoms with van der Waals surface area (Å²) in [5.74, 6) is -1.43. The number of likely N-dealkylation sites (tertiary alicyclic amines) is 1. The van der Waals surface area contributed by atoms with Gasteiger partial charge in [-0.1, -0.05) is 12.1 Å². The Bertz CT molecular complexity index is 650. The van der Waals surface area contributed by atoms with Crippen LogP contribution in [0.1, 0.15) is 25.3 Å². The van der Waals surface area contributed by atoms with Crippen molar-refractivity contribution in [3.05, 3.63) is 35.6 Å². The standard InChI is InChI=1S/C18H23FN2O4/c1-3-25-17(23)12-20(2)18(24)14-7-8-16(22)21(11-14)10-13-5-4-6-15(19)9-13/h4-6,9,14H,3,7-8,10-12H2,1-2H3/t14-/m1/s1. The zero-order valence-corrected chi connectivity index (χ0v) is 14.5. The summed E-state index contributed by atoms with van der Waals surface area (Å²) in [5, 5.41) is 0. The molecule has 25 heavy (non-hydrogen) atoms. The van der Waals surface area contributed by atoms with E-state index in [0.717, 1.165) is 0 Å². The largest absolute Gasteiger partial charge is 0.465 e. The van der Waals surface area contributed by atoms with Gasteiger partial charge in [-0.2, -0.15) is 0 Å². The minimum atomic E-state index is -0.457. The van der Waals surface area contributed by atoms with E-state index in [1.807, 2.05) is 0 Å². The first-order valence-electron chi connectivity index (χ1n) is 8.33. The zero-order chi connectivity index (χ0) is 18.4. The molecule has 1 atom stereocenters. The van der Waals surface area contributed by atoms with E-state index in [1.165, 1.54) is 17.0 Å². The fraction of sp³-hybridized carbons (Fsp3) is 0.500. The lowest BCUT2D eigenvalue weighted by atomic mass is 9.95. The monoisotopic (exact) mass is 350 g/mol. The third kappa shape index (κ3) is 5.27. The van der Waals surface area contributed by atoms with Crippen LogP contribution >= 0.6 is 0 Å². The number of likely N-dealkylation sites (N-methyl/N-ethyl adjacent to an activating group) is 1. The third-order valence-corrected chi connectivity index (χ3v) is 4.16. The van der Waals surface area contributed by atoms with Gasteiger partial charge >= 0.3 is 5.97 Å². The molecule has 1 aromatic rings. The first kappa shape index (κ1) is 18.9. The number of ether oxygens (including phenoxy) is 1. The highest BCUT2D eigenvalue weighted by Gasteiger charge is 2.32. The number of rotatable bonds is 6. The third-order valence-electron chi connectivity index (χ3n) is 4.16. The number of carbonyl (C=O) groups is 3. The summed E-state index contributed by atoms with van der Waals surface area (Å²) >= 11 is 0. The van der Waals surface area contributed by atoms with Gasteiger partial charge < -0.3 is 14.5 Å². The number of amides is 2. The van der Waals surface area contributed by atoms with Gasteiger partial charge in [-0.3, -0.25) is 14.4 Å². The van der Waals surface area contributed by atoms with Crippen molar-refractivity contribution in [1.29, 1.82) is 0 Å². The van der Waals surface area contributed by atoms with E-state index in [4.69, 9.17) is 4.74 Å². The van der Waals surface area contributed by atoms with Crippen LogP contribution in [0.5, 0.6) is 0 Å². The van der Waals surface area contributed by atoms with Crippen molar-refractivity contribution in [1.82, 2.24) is 9.80 Å². The predicted molar refractivity (Wildman–Crippen MR) is 88.8 cm³/mol. The van der Waals surface area contributed by atoms with E-state index in [2.05, 4.69) is 0 Å². The molecule has 1 aliphatic rings. The molecule has 0 N–H and O–H groups in total. The summed E-state index contributed by atoms with van der Waals surface area (Å²) < 4.78 is 18.2. The van der Waals surface area contributed by atoms with Crippen LogP contribution in [0.25, 0.3) is 0 Å². The van der Waals surface area contributed by atoms with Gasteiger partial charge in [-0.25, -0.2) is 4.39 Å². The van der Waals surface area contributed by atoms with Gasteiger partial charge in [0.05, 0.1) is 12.5 Å². The summed E-state index contributed by atoms with van der Waals surface area (Å²) in [6, 6.07) is 6.06. The van der Waals surface area contributed by atoms with Crippen molar-refractivity contribution in [2.45, 2.75) is 26.3 Å². The molecule has 1 aliphatic heterocycles. The van der Waals surface area contributed by atoms with Gasteiger partial charge in [0.15, 0.2) is 0 Å². The van der Waals surface area contributed by atoms with Crippen LogP contribution in [0.2, 0.25) is 0 Å². The summed E-state index contributed by atoms with van der Waals surface area (Å²) in [7, 11) is 1.55. The Morgan fingerprint density at radius 1 is 1.40 bits per heavy atom. The Morgan fingerprint density at radius 2 is 2.16 bits per heavy atom. The highest BCUT2D eigenvalue weighted by atomic mass is 19.1. The summed E-state index contributed by atoms with van der Waals surface area (Å²) in [4.78, 5) is 39.0. The van der Waals surface area contributed by atoms with Crippen LogP contribution in [0, 0.1) is 11.7 Å². The number of esters is 1. The average molecular weight is 350 g/mol. The lowest BCUT2D eigenvalue weighted by Gasteiger charge is -2.33. The summed E-state index contributed by atoms with van der Waals surface area (Å²) in [6.07, 6.45) is 0.712. The number of hydrogen-bond donors (Lipinski definition) is 0. The van der Waals surface area contributed by atoms with Crippen LogP contribution in [0.4, 0.5) is 4.39 Å². The Morgan fingerprint density at radius 3 is 2.84 bits per heavy atom. The van der Waals surface area contributed by atoms with Crippen molar-refractivity contribution in [3.63, 3.8) is 0 Å². The van der Waals surface area contributed by atoms with Crippen molar-refractivity contribution in [3.8, 4) is 0 Å². The van der Waals surface area contributed by atoms with Crippen molar-refractivity contribution >= 4 is 17.8 Å². The summed E-state index contributed by atoms with van der Waals surface area (Å²) in [5.41, 5.74) is 0.682. The second-order valence-corrected chi connectivity index (χ2v) is 6.14. The van der Waals surface area contributed by atoms with Gasteiger partial charge in [0.25, 0.3) is 0 Å². The van der Waals surface area contributed by atoms with E-state index in [-0.39, 0.29) is 56.2 Å². The fourth-order valence-electron chi connectivity index (χ4n) is 2.91. The quantitative estimate of drug-likeness (QED) is 0.731. The Kier molecular flexibility index (Phi) is 6.50. The number of piperidine rings is 1. The molecule has 1 fully saturated rings. The van der Waals surface area contributed by atoms with E-state index in [1.54, 1.807) is 31.0 Å². The van der Waals surface area contributed by atoms with Crippen molar-refractivity contribution in [2.75, 3.05) is 26.7 Å². The molecule has 7 heteroatoms. The van der Waals surface area contributed by atoms with Gasteiger partial charge in [0, 0.05) is 26.6 Å². The summed E-state index contributed by atoms with van der Waals surface area (Å²) in [6.45, 7) is 2.39. The highest BCUT2D eigenvalue weighted by molar-refractivity contribution is 5.86. The number of halogens is 1. The molecule has 0 unspecified atom stereocenters. The van der Waals surface area contributed by atoms with Crippen LogP contribution < -0.4 is 0 Å². The molecular weight excluding hydrogens is 327 g/mol. The maximum Gasteiger partial charge on any atom is 0.325 e. The molecular formula is C18H23FN2O4. The van der Waals surface area contributed by atoms with Crippen LogP contribution in [-0.4, -0.2) is 54.3 Å². The smallest absolute Gasteiger partial charge is 0.325 e. The van der Waals surface area contributed by atoms with Crippen molar-refractivity contribution < 1.29 is 23.5 Å². The Balaban J connectivity index is 1.97. The van der Waals surface area contributed by atoms with E-state index >= 15 is 0 Å². The Hall–Kier alpha value is -2.44. The average Bonchev–Trinajstić information content (AvgIpc) is 2.56. The van der Waals surface area contributed by atoms with Crippen LogP contribution in [-0.2, 0) is 25.7 Å². The topological polar surface area (TPSA) is 66.9 Å². The lowest BCUT2D eigenvalue weighted by molar-refractivity contribution is -0.151. The molecule has 0 aromatic heterocycles. The minimum absolute atomic E-state index is 0.0543. The van der Waals surface area contributed by atoms with Gasteiger partial charge in [0.2, 0.25) is 11.8 Å².